The summed E-state index contributed by atoms with van der Waals surface area (Å²) in [6.07, 6.45) is -4.72. The van der Waals surface area contributed by atoms with Crippen LogP contribution in [0.3, 0.4) is 0 Å². The van der Waals surface area contributed by atoms with Crippen LogP contribution in [0.2, 0.25) is 5.02 Å². The van der Waals surface area contributed by atoms with Gasteiger partial charge in [0, 0.05) is 54.6 Å². The molecule has 0 N–H and O–H groups in total. The average molecular weight is 414 g/mol. The maximum atomic E-state index is 13.4. The molecule has 0 aromatic heterocycles. The van der Waals surface area contributed by atoms with Crippen molar-refractivity contribution in [1.29, 1.82) is 0 Å². The van der Waals surface area contributed by atoms with Gasteiger partial charge in [-0.1, -0.05) is 11.6 Å². The van der Waals surface area contributed by atoms with Crippen LogP contribution in [0.4, 0.5) is 24.5 Å². The van der Waals surface area contributed by atoms with Crippen molar-refractivity contribution in [3.8, 4) is 0 Å². The van der Waals surface area contributed by atoms with Crippen LogP contribution in [0.15, 0.2) is 42.5 Å². The van der Waals surface area contributed by atoms with Crippen molar-refractivity contribution in [2.75, 3.05) is 31.1 Å². The van der Waals surface area contributed by atoms with E-state index in [4.69, 9.17) is 11.6 Å². The van der Waals surface area contributed by atoms with Gasteiger partial charge in [-0.3, -0.25) is 14.9 Å². The number of carbonyl (C=O) groups excluding carboxylic acids is 1. The standard InChI is InChI=1S/C18H15ClF3N3O3/c19-13-3-1-12(2-4-13)17(26)24-9-7-23(8-10-24)16-6-5-14(25(27)28)11-15(16)18(20,21)22/h1-6,11H,7-10H2. The smallest absolute Gasteiger partial charge is 0.367 e. The number of alkyl halides is 3. The van der Waals surface area contributed by atoms with E-state index >= 15 is 0 Å². The fourth-order valence-electron chi connectivity index (χ4n) is 3.07. The number of anilines is 1. The molecule has 10 heteroatoms. The summed E-state index contributed by atoms with van der Waals surface area (Å²) in [5, 5.41) is 11.3. The molecule has 0 unspecified atom stereocenters. The van der Waals surface area contributed by atoms with Crippen molar-refractivity contribution in [3.05, 3.63) is 68.7 Å². The molecule has 1 heterocycles. The molecule has 1 fully saturated rings. The SMILES string of the molecule is O=C(c1ccc(Cl)cc1)N1CCN(c2ccc([N+](=O)[O-])cc2C(F)(F)F)CC1. The molecule has 0 atom stereocenters. The molecule has 0 bridgehead atoms. The molecule has 1 aliphatic heterocycles. The molecular formula is C18H15ClF3N3O3. The van der Waals surface area contributed by atoms with E-state index in [1.165, 1.54) is 4.90 Å². The van der Waals surface area contributed by atoms with E-state index in [9.17, 15) is 28.1 Å². The minimum atomic E-state index is -4.72. The van der Waals surface area contributed by atoms with Gasteiger partial charge in [-0.25, -0.2) is 0 Å². The highest BCUT2D eigenvalue weighted by molar-refractivity contribution is 6.30. The van der Waals surface area contributed by atoms with Crippen LogP contribution in [0.5, 0.6) is 0 Å². The van der Waals surface area contributed by atoms with Gasteiger partial charge in [-0.2, -0.15) is 13.2 Å². The maximum Gasteiger partial charge on any atom is 0.418 e. The molecule has 1 saturated heterocycles. The molecule has 6 nitrogen and oxygen atoms in total. The Morgan fingerprint density at radius 2 is 1.64 bits per heavy atom. The number of benzene rings is 2. The van der Waals surface area contributed by atoms with Crippen LogP contribution < -0.4 is 4.90 Å². The number of amides is 1. The van der Waals surface area contributed by atoms with Gasteiger partial charge in [0.15, 0.2) is 0 Å². The highest BCUT2D eigenvalue weighted by atomic mass is 35.5. The van der Waals surface area contributed by atoms with Crippen LogP contribution in [0.1, 0.15) is 15.9 Å². The Morgan fingerprint density at radius 1 is 1.04 bits per heavy atom. The summed E-state index contributed by atoms with van der Waals surface area (Å²) in [5.74, 6) is -0.226. The number of non-ortho nitro benzene ring substituents is 1. The first-order valence-corrected chi connectivity index (χ1v) is 8.70. The Balaban J connectivity index is 1.77. The summed E-state index contributed by atoms with van der Waals surface area (Å²) in [5.41, 5.74) is -1.35. The van der Waals surface area contributed by atoms with Crippen LogP contribution in [-0.4, -0.2) is 41.9 Å². The minimum absolute atomic E-state index is 0.128. The van der Waals surface area contributed by atoms with Crippen molar-refractivity contribution in [3.63, 3.8) is 0 Å². The summed E-state index contributed by atoms with van der Waals surface area (Å²) < 4.78 is 40.1. The molecule has 3 rings (SSSR count). The highest BCUT2D eigenvalue weighted by Crippen LogP contribution is 2.39. The molecule has 0 spiro atoms. The largest absolute Gasteiger partial charge is 0.418 e. The van der Waals surface area contributed by atoms with E-state index in [1.807, 2.05) is 0 Å². The third kappa shape index (κ3) is 4.19. The topological polar surface area (TPSA) is 66.7 Å². The summed E-state index contributed by atoms with van der Waals surface area (Å²) in [6.45, 7) is 0.825. The molecule has 1 aliphatic rings. The predicted octanol–water partition coefficient (Wildman–Crippen LogP) is 4.23. The van der Waals surface area contributed by atoms with Gasteiger partial charge in [0.1, 0.15) is 0 Å². The molecule has 148 valence electrons. The van der Waals surface area contributed by atoms with Gasteiger partial charge >= 0.3 is 6.18 Å². The van der Waals surface area contributed by atoms with E-state index in [-0.39, 0.29) is 37.8 Å². The maximum absolute atomic E-state index is 13.4. The second-order valence-corrected chi connectivity index (χ2v) is 6.68. The first-order valence-electron chi connectivity index (χ1n) is 8.32. The minimum Gasteiger partial charge on any atom is -0.367 e. The van der Waals surface area contributed by atoms with Crippen LogP contribution >= 0.6 is 11.6 Å². The molecular weight excluding hydrogens is 399 g/mol. The first-order chi connectivity index (χ1) is 13.2. The fraction of sp³-hybridized carbons (Fsp3) is 0.278. The van der Waals surface area contributed by atoms with E-state index in [0.717, 1.165) is 12.1 Å². The first kappa shape index (κ1) is 19.9. The summed E-state index contributed by atoms with van der Waals surface area (Å²) in [4.78, 5) is 25.5. The number of piperazine rings is 1. The number of carbonyl (C=O) groups is 1. The van der Waals surface area contributed by atoms with E-state index in [1.54, 1.807) is 29.2 Å². The Morgan fingerprint density at radius 3 is 2.18 bits per heavy atom. The third-order valence-corrected chi connectivity index (χ3v) is 4.75. The van der Waals surface area contributed by atoms with Gasteiger partial charge < -0.3 is 9.80 Å². The lowest BCUT2D eigenvalue weighted by atomic mass is 10.1. The molecule has 0 saturated carbocycles. The van der Waals surface area contributed by atoms with Gasteiger partial charge in [-0.05, 0) is 30.3 Å². The molecule has 2 aromatic rings. The number of halogens is 4. The normalized spacial score (nSPS) is 14.9. The molecule has 1 amide bonds. The summed E-state index contributed by atoms with van der Waals surface area (Å²) in [6, 6.07) is 9.08. The van der Waals surface area contributed by atoms with Crippen molar-refractivity contribution in [2.45, 2.75) is 6.18 Å². The Bertz CT molecular complexity index is 895. The van der Waals surface area contributed by atoms with Crippen molar-refractivity contribution >= 4 is 28.9 Å². The zero-order valence-electron chi connectivity index (χ0n) is 14.4. The number of nitro benzene ring substituents is 1. The quantitative estimate of drug-likeness (QED) is 0.558. The number of hydrogen-bond donors (Lipinski definition) is 0. The monoisotopic (exact) mass is 413 g/mol. The summed E-state index contributed by atoms with van der Waals surface area (Å²) >= 11 is 5.81. The van der Waals surface area contributed by atoms with Crippen molar-refractivity contribution in [1.82, 2.24) is 4.90 Å². The van der Waals surface area contributed by atoms with Gasteiger partial charge in [0.2, 0.25) is 0 Å². The number of hydrogen-bond acceptors (Lipinski definition) is 4. The van der Waals surface area contributed by atoms with Crippen LogP contribution in [0.25, 0.3) is 0 Å². The van der Waals surface area contributed by atoms with E-state index < -0.39 is 22.4 Å². The average Bonchev–Trinajstić information content (AvgIpc) is 2.67. The van der Waals surface area contributed by atoms with Gasteiger partial charge in [0.05, 0.1) is 10.5 Å². The van der Waals surface area contributed by atoms with Crippen molar-refractivity contribution in [2.24, 2.45) is 0 Å². The third-order valence-electron chi connectivity index (χ3n) is 4.50. The second-order valence-electron chi connectivity index (χ2n) is 6.24. The van der Waals surface area contributed by atoms with Gasteiger partial charge in [0.25, 0.3) is 11.6 Å². The Labute approximate surface area is 163 Å². The fourth-order valence-corrected chi connectivity index (χ4v) is 3.19. The van der Waals surface area contributed by atoms with E-state index in [0.29, 0.717) is 16.7 Å². The molecule has 2 aromatic carbocycles. The van der Waals surface area contributed by atoms with Crippen molar-refractivity contribution < 1.29 is 22.9 Å². The lowest BCUT2D eigenvalue weighted by Crippen LogP contribution is -2.49. The number of rotatable bonds is 3. The van der Waals surface area contributed by atoms with Crippen LogP contribution in [0, 0.1) is 10.1 Å². The lowest BCUT2D eigenvalue weighted by Gasteiger charge is -2.37. The Hall–Kier alpha value is -2.81. The summed E-state index contributed by atoms with van der Waals surface area (Å²) in [7, 11) is 0. The molecule has 0 aliphatic carbocycles. The molecule has 0 radical (unpaired) electrons. The molecule has 28 heavy (non-hydrogen) atoms. The zero-order valence-corrected chi connectivity index (χ0v) is 15.2. The van der Waals surface area contributed by atoms with Gasteiger partial charge in [-0.15, -0.1) is 0 Å². The zero-order chi connectivity index (χ0) is 20.5. The van der Waals surface area contributed by atoms with E-state index in [2.05, 4.69) is 0 Å². The highest BCUT2D eigenvalue weighted by Gasteiger charge is 2.37. The second kappa shape index (κ2) is 7.67. The predicted molar refractivity (Wildman–Crippen MR) is 97.7 cm³/mol. The number of nitrogens with zero attached hydrogens (tertiary/aromatic N) is 3. The Kier molecular flexibility index (Phi) is 5.46. The number of nitro groups is 1. The van der Waals surface area contributed by atoms with Crippen LogP contribution in [-0.2, 0) is 6.18 Å². The lowest BCUT2D eigenvalue weighted by molar-refractivity contribution is -0.385.